The van der Waals surface area contributed by atoms with Gasteiger partial charge in [0.15, 0.2) is 0 Å². The van der Waals surface area contributed by atoms with Crippen LogP contribution < -0.4 is 10.6 Å². The zero-order valence-electron chi connectivity index (χ0n) is 17.6. The number of nitrogens with one attached hydrogen (secondary N) is 2. The van der Waals surface area contributed by atoms with E-state index in [0.717, 1.165) is 5.56 Å². The fourth-order valence-corrected chi connectivity index (χ4v) is 3.25. The number of hydrogen-bond donors (Lipinski definition) is 2. The molecule has 1 atom stereocenters. The summed E-state index contributed by atoms with van der Waals surface area (Å²) in [7, 11) is 3.98. The molecule has 0 aliphatic heterocycles. The molecule has 0 heterocycles. The van der Waals surface area contributed by atoms with Gasteiger partial charge in [-0.25, -0.2) is 0 Å². The summed E-state index contributed by atoms with van der Waals surface area (Å²) in [4.78, 5) is 27.5. The Hall–Kier alpha value is -3.44. The average Bonchev–Trinajstić information content (AvgIpc) is 2.75. The van der Waals surface area contributed by atoms with Crippen molar-refractivity contribution in [1.29, 1.82) is 0 Å². The molecule has 3 rings (SSSR count). The summed E-state index contributed by atoms with van der Waals surface area (Å²) < 4.78 is 0. The van der Waals surface area contributed by atoms with Gasteiger partial charge in [-0.05, 0) is 50.8 Å². The van der Waals surface area contributed by atoms with Crippen LogP contribution in [0.3, 0.4) is 0 Å². The molecule has 0 bridgehead atoms. The van der Waals surface area contributed by atoms with Crippen molar-refractivity contribution in [3.8, 4) is 0 Å². The first-order valence-corrected chi connectivity index (χ1v) is 9.92. The van der Waals surface area contributed by atoms with Crippen molar-refractivity contribution in [2.45, 2.75) is 13.0 Å². The highest BCUT2D eigenvalue weighted by molar-refractivity contribution is 6.08. The van der Waals surface area contributed by atoms with E-state index in [2.05, 4.69) is 46.7 Å². The monoisotopic (exact) mass is 401 g/mol. The van der Waals surface area contributed by atoms with E-state index in [1.54, 1.807) is 48.5 Å². The van der Waals surface area contributed by atoms with E-state index < -0.39 is 0 Å². The summed E-state index contributed by atoms with van der Waals surface area (Å²) in [5.41, 5.74) is 3.79. The number of likely N-dealkylation sites (N-methyl/N-ethyl adjacent to an activating group) is 1. The van der Waals surface area contributed by atoms with Crippen LogP contribution in [0.1, 0.15) is 37.9 Å². The minimum Gasteiger partial charge on any atom is -0.350 e. The van der Waals surface area contributed by atoms with Gasteiger partial charge in [0.25, 0.3) is 11.8 Å². The van der Waals surface area contributed by atoms with Crippen LogP contribution in [0.4, 0.5) is 5.69 Å². The summed E-state index contributed by atoms with van der Waals surface area (Å²) >= 11 is 0. The Balaban J connectivity index is 1.72. The highest BCUT2D eigenvalue weighted by Gasteiger charge is 2.18. The third-order valence-corrected chi connectivity index (χ3v) is 5.00. The smallest absolute Gasteiger partial charge is 0.255 e. The first-order valence-electron chi connectivity index (χ1n) is 9.92. The summed E-state index contributed by atoms with van der Waals surface area (Å²) in [5, 5.41) is 5.86. The van der Waals surface area contributed by atoms with Crippen LogP contribution in [0.5, 0.6) is 0 Å². The first-order chi connectivity index (χ1) is 14.5. The van der Waals surface area contributed by atoms with Crippen LogP contribution in [0.2, 0.25) is 0 Å². The Morgan fingerprint density at radius 1 is 0.833 bits per heavy atom. The van der Waals surface area contributed by atoms with Crippen LogP contribution in [-0.2, 0) is 0 Å². The van der Waals surface area contributed by atoms with E-state index in [9.17, 15) is 9.59 Å². The second-order valence-electron chi connectivity index (χ2n) is 7.47. The minimum absolute atomic E-state index is 0.0422. The second-order valence-corrected chi connectivity index (χ2v) is 7.47. The molecule has 0 saturated carbocycles. The maximum atomic E-state index is 12.9. The van der Waals surface area contributed by atoms with Crippen molar-refractivity contribution in [3.05, 3.63) is 101 Å². The van der Waals surface area contributed by atoms with Crippen molar-refractivity contribution in [2.24, 2.45) is 0 Å². The van der Waals surface area contributed by atoms with E-state index >= 15 is 0 Å². The van der Waals surface area contributed by atoms with Gasteiger partial charge in [0, 0.05) is 12.1 Å². The SMILES string of the molecule is Cc1ccc(C(CNC(=O)c2ccccc2NC(=O)c2ccccc2)N(C)C)cc1. The molecule has 0 aliphatic rings. The largest absolute Gasteiger partial charge is 0.350 e. The Morgan fingerprint density at radius 2 is 1.47 bits per heavy atom. The van der Waals surface area contributed by atoms with Gasteiger partial charge in [-0.15, -0.1) is 0 Å². The van der Waals surface area contributed by atoms with Crippen LogP contribution >= 0.6 is 0 Å². The zero-order valence-corrected chi connectivity index (χ0v) is 17.6. The summed E-state index contributed by atoms with van der Waals surface area (Å²) in [6, 6.07) is 24.3. The third kappa shape index (κ3) is 5.33. The molecule has 0 radical (unpaired) electrons. The van der Waals surface area contributed by atoms with E-state index in [1.807, 2.05) is 20.2 Å². The van der Waals surface area contributed by atoms with Gasteiger partial charge in [-0.2, -0.15) is 0 Å². The van der Waals surface area contributed by atoms with Gasteiger partial charge in [-0.1, -0.05) is 60.2 Å². The lowest BCUT2D eigenvalue weighted by Crippen LogP contribution is -2.35. The Bertz CT molecular complexity index is 998. The number of benzene rings is 3. The number of hydrogen-bond acceptors (Lipinski definition) is 3. The Labute approximate surface area is 177 Å². The highest BCUT2D eigenvalue weighted by Crippen LogP contribution is 2.20. The van der Waals surface area contributed by atoms with E-state index in [-0.39, 0.29) is 17.9 Å². The van der Waals surface area contributed by atoms with Crippen molar-refractivity contribution >= 4 is 17.5 Å². The molecular weight excluding hydrogens is 374 g/mol. The number of carbonyl (C=O) groups is 2. The maximum Gasteiger partial charge on any atom is 0.255 e. The molecule has 154 valence electrons. The molecule has 5 heteroatoms. The van der Waals surface area contributed by atoms with Crippen LogP contribution in [0, 0.1) is 6.92 Å². The normalized spacial score (nSPS) is 11.7. The van der Waals surface area contributed by atoms with Crippen molar-refractivity contribution < 1.29 is 9.59 Å². The Kier molecular flexibility index (Phi) is 6.99. The predicted molar refractivity (Wildman–Crippen MR) is 121 cm³/mol. The number of para-hydroxylation sites is 1. The molecule has 3 aromatic carbocycles. The lowest BCUT2D eigenvalue weighted by atomic mass is 10.0. The van der Waals surface area contributed by atoms with Gasteiger partial charge in [0.2, 0.25) is 0 Å². The lowest BCUT2D eigenvalue weighted by Gasteiger charge is -2.25. The number of anilines is 1. The molecule has 0 aromatic heterocycles. The fourth-order valence-electron chi connectivity index (χ4n) is 3.25. The van der Waals surface area contributed by atoms with Gasteiger partial charge >= 0.3 is 0 Å². The number of nitrogens with zero attached hydrogens (tertiary/aromatic N) is 1. The Morgan fingerprint density at radius 3 is 2.13 bits per heavy atom. The van der Waals surface area contributed by atoms with E-state index in [0.29, 0.717) is 23.4 Å². The molecule has 2 N–H and O–H groups in total. The second kappa shape index (κ2) is 9.85. The maximum absolute atomic E-state index is 12.9. The van der Waals surface area contributed by atoms with E-state index in [4.69, 9.17) is 0 Å². The quantitative estimate of drug-likeness (QED) is 0.621. The van der Waals surface area contributed by atoms with Crippen LogP contribution in [0.25, 0.3) is 0 Å². The average molecular weight is 402 g/mol. The molecule has 0 saturated heterocycles. The van der Waals surface area contributed by atoms with Crippen molar-refractivity contribution in [2.75, 3.05) is 26.0 Å². The molecule has 30 heavy (non-hydrogen) atoms. The zero-order chi connectivity index (χ0) is 21.5. The molecular formula is C25H27N3O2. The van der Waals surface area contributed by atoms with E-state index in [1.165, 1.54) is 5.56 Å². The predicted octanol–water partition coefficient (Wildman–Crippen LogP) is 4.28. The summed E-state index contributed by atoms with van der Waals surface area (Å²) in [5.74, 6) is -0.473. The minimum atomic E-state index is -0.248. The standard InChI is InChI=1S/C25H27N3O2/c1-18-13-15-19(16-14-18)23(28(2)3)17-26-25(30)21-11-7-8-12-22(21)27-24(29)20-9-5-4-6-10-20/h4-16,23H,17H2,1-3H3,(H,26,30)(H,27,29). The number of rotatable bonds is 7. The molecule has 5 nitrogen and oxygen atoms in total. The molecule has 1 unspecified atom stereocenters. The highest BCUT2D eigenvalue weighted by atomic mass is 16.2. The van der Waals surface area contributed by atoms with Crippen molar-refractivity contribution in [1.82, 2.24) is 10.2 Å². The molecule has 0 aliphatic carbocycles. The third-order valence-electron chi connectivity index (χ3n) is 5.00. The molecule has 3 aromatic rings. The van der Waals surface area contributed by atoms with Gasteiger partial charge in [0.05, 0.1) is 17.3 Å². The van der Waals surface area contributed by atoms with Crippen LogP contribution in [-0.4, -0.2) is 37.4 Å². The summed E-state index contributed by atoms with van der Waals surface area (Å²) in [6.45, 7) is 2.51. The number of aryl methyl sites for hydroxylation is 1. The van der Waals surface area contributed by atoms with Gasteiger partial charge in [-0.3, -0.25) is 9.59 Å². The molecule has 2 amide bonds. The fraction of sp³-hybridized carbons (Fsp3) is 0.200. The molecule has 0 fully saturated rings. The lowest BCUT2D eigenvalue weighted by molar-refractivity contribution is 0.0943. The van der Waals surface area contributed by atoms with Crippen LogP contribution in [0.15, 0.2) is 78.9 Å². The van der Waals surface area contributed by atoms with Crippen molar-refractivity contribution in [3.63, 3.8) is 0 Å². The van der Waals surface area contributed by atoms with Gasteiger partial charge < -0.3 is 15.5 Å². The first kappa shape index (κ1) is 21.3. The summed E-state index contributed by atoms with van der Waals surface area (Å²) in [6.07, 6.45) is 0. The molecule has 0 spiro atoms. The topological polar surface area (TPSA) is 61.4 Å². The number of amides is 2. The van der Waals surface area contributed by atoms with Gasteiger partial charge in [0.1, 0.15) is 0 Å². The number of carbonyl (C=O) groups excluding carboxylic acids is 2.